The molecule has 0 unspecified atom stereocenters. The van der Waals surface area contributed by atoms with E-state index in [4.69, 9.17) is 9.47 Å². The first kappa shape index (κ1) is 22.9. The van der Waals surface area contributed by atoms with E-state index in [2.05, 4.69) is 4.90 Å². The largest absolute Gasteiger partial charge is 0.466 e. The van der Waals surface area contributed by atoms with Crippen molar-refractivity contribution in [1.82, 2.24) is 9.80 Å². The number of methoxy groups -OCH3 is 2. The van der Waals surface area contributed by atoms with Crippen molar-refractivity contribution in [2.45, 2.75) is 24.4 Å². The van der Waals surface area contributed by atoms with Crippen molar-refractivity contribution in [1.29, 1.82) is 0 Å². The first-order valence-electron chi connectivity index (χ1n) is 12.2. The standard InChI is InChI=1S/C26H27N3O7/c1-27-20-16-14(22(31)29(23(16)32)13-9-5-4-6-10-13)15(21(27)30)18-17(24(33)35-2)19(25(34)36-3)26(18,20)28-11-7-8-12-28/h4-6,9-10,14-16,18,20H,7-8,11-12H2,1-3H3/t14-,15-,16-,18-,20+,26+/m0/s1. The number of carbonyl (C=O) groups excluding carboxylic acids is 5. The summed E-state index contributed by atoms with van der Waals surface area (Å²) in [6.07, 6.45) is 1.76. The predicted molar refractivity (Wildman–Crippen MR) is 124 cm³/mol. The molecule has 2 bridgehead atoms. The van der Waals surface area contributed by atoms with E-state index in [-0.39, 0.29) is 17.1 Å². The lowest BCUT2D eigenvalue weighted by Crippen LogP contribution is -2.84. The van der Waals surface area contributed by atoms with Gasteiger partial charge in [0.2, 0.25) is 17.7 Å². The van der Waals surface area contributed by atoms with Gasteiger partial charge < -0.3 is 14.4 Å². The Bertz CT molecular complexity index is 1240. The van der Waals surface area contributed by atoms with Crippen LogP contribution in [0.3, 0.4) is 0 Å². The number of piperidine rings is 2. The lowest BCUT2D eigenvalue weighted by atomic mass is 9.42. The van der Waals surface area contributed by atoms with E-state index in [1.165, 1.54) is 24.0 Å². The van der Waals surface area contributed by atoms with Gasteiger partial charge in [-0.25, -0.2) is 14.5 Å². The molecule has 2 aliphatic carbocycles. The first-order valence-corrected chi connectivity index (χ1v) is 12.2. The van der Waals surface area contributed by atoms with Gasteiger partial charge in [-0.05, 0) is 38.1 Å². The summed E-state index contributed by atoms with van der Waals surface area (Å²) in [4.78, 5) is 72.6. The second-order valence-electron chi connectivity index (χ2n) is 10.1. The molecular formula is C26H27N3O7. The number of nitrogens with zero attached hydrogens (tertiary/aromatic N) is 3. The zero-order valence-corrected chi connectivity index (χ0v) is 20.3. The number of likely N-dealkylation sites (N-methyl/N-ethyl adjacent to an activating group) is 1. The molecule has 4 aliphatic heterocycles. The molecule has 1 aromatic carbocycles. The van der Waals surface area contributed by atoms with Crippen LogP contribution in [0.5, 0.6) is 0 Å². The van der Waals surface area contributed by atoms with Crippen LogP contribution in [0.1, 0.15) is 12.8 Å². The predicted octanol–water partition coefficient (Wildman–Crippen LogP) is 0.370. The minimum absolute atomic E-state index is 0.0876. The molecule has 1 saturated carbocycles. The molecule has 36 heavy (non-hydrogen) atoms. The zero-order chi connectivity index (χ0) is 25.5. The molecule has 0 N–H and O–H groups in total. The summed E-state index contributed by atoms with van der Waals surface area (Å²) in [5.41, 5.74) is -0.433. The van der Waals surface area contributed by atoms with E-state index in [9.17, 15) is 24.0 Å². The normalized spacial score (nSPS) is 35.1. The number of anilines is 1. The van der Waals surface area contributed by atoms with Gasteiger partial charge in [0, 0.05) is 13.0 Å². The van der Waals surface area contributed by atoms with Crippen LogP contribution < -0.4 is 4.90 Å². The third-order valence-electron chi connectivity index (χ3n) is 8.88. The maximum absolute atomic E-state index is 14.0. The van der Waals surface area contributed by atoms with E-state index in [0.717, 1.165) is 12.8 Å². The number of carbonyl (C=O) groups is 5. The number of esters is 2. The molecule has 0 spiro atoms. The molecule has 7 rings (SSSR count). The number of benzene rings is 1. The highest BCUT2D eigenvalue weighted by Crippen LogP contribution is 2.67. The Kier molecular flexibility index (Phi) is 4.92. The second-order valence-corrected chi connectivity index (χ2v) is 10.1. The van der Waals surface area contributed by atoms with Crippen LogP contribution in [0.25, 0.3) is 0 Å². The zero-order valence-electron chi connectivity index (χ0n) is 20.3. The molecule has 10 heteroatoms. The molecule has 4 heterocycles. The quantitative estimate of drug-likeness (QED) is 0.437. The smallest absolute Gasteiger partial charge is 0.336 e. The van der Waals surface area contributed by atoms with E-state index in [1.54, 1.807) is 37.4 Å². The summed E-state index contributed by atoms with van der Waals surface area (Å²) in [5.74, 6) is -6.03. The lowest BCUT2D eigenvalue weighted by molar-refractivity contribution is -0.194. The van der Waals surface area contributed by atoms with Gasteiger partial charge in [0.15, 0.2) is 0 Å². The van der Waals surface area contributed by atoms with Gasteiger partial charge in [-0.1, -0.05) is 18.2 Å². The summed E-state index contributed by atoms with van der Waals surface area (Å²) in [6.45, 7) is 1.28. The summed E-state index contributed by atoms with van der Waals surface area (Å²) in [6, 6.07) is 7.83. The van der Waals surface area contributed by atoms with Crippen LogP contribution >= 0.6 is 0 Å². The summed E-state index contributed by atoms with van der Waals surface area (Å²) >= 11 is 0. The number of likely N-dealkylation sites (tertiary alicyclic amines) is 1. The minimum atomic E-state index is -1.11. The summed E-state index contributed by atoms with van der Waals surface area (Å²) in [5, 5.41) is 0. The fraction of sp³-hybridized carbons (Fsp3) is 0.500. The van der Waals surface area contributed by atoms with Gasteiger partial charge in [0.05, 0.1) is 60.4 Å². The average Bonchev–Trinajstić information content (AvgIpc) is 3.50. The number of amides is 3. The highest BCUT2D eigenvalue weighted by molar-refractivity contribution is 6.24. The fourth-order valence-corrected chi connectivity index (χ4v) is 7.74. The first-order chi connectivity index (χ1) is 17.3. The number of hydrogen-bond donors (Lipinski definition) is 0. The monoisotopic (exact) mass is 493 g/mol. The molecule has 0 radical (unpaired) electrons. The topological polar surface area (TPSA) is 114 Å². The van der Waals surface area contributed by atoms with Crippen molar-refractivity contribution in [2.24, 2.45) is 23.7 Å². The van der Waals surface area contributed by atoms with Crippen molar-refractivity contribution >= 4 is 35.3 Å². The van der Waals surface area contributed by atoms with Crippen LogP contribution in [-0.4, -0.2) is 85.4 Å². The Balaban J connectivity index is 1.60. The van der Waals surface area contributed by atoms with E-state index < -0.39 is 59.0 Å². The summed E-state index contributed by atoms with van der Waals surface area (Å²) < 4.78 is 10.2. The lowest BCUT2D eigenvalue weighted by Gasteiger charge is -2.70. The molecule has 6 atom stereocenters. The van der Waals surface area contributed by atoms with Crippen LogP contribution in [0, 0.1) is 23.7 Å². The molecule has 188 valence electrons. The van der Waals surface area contributed by atoms with Crippen molar-refractivity contribution in [3.8, 4) is 0 Å². The van der Waals surface area contributed by atoms with Crippen molar-refractivity contribution in [2.75, 3.05) is 39.3 Å². The molecule has 10 nitrogen and oxygen atoms in total. The SMILES string of the molecule is COC(=O)C1=C(C(=O)OC)[C@]2(N3CCCC3)[C@H]1[C@H]1C(=O)N(C)[C@@H]2[C@H]2C(=O)N(c3ccccc3)C(=O)[C@@H]12. The van der Waals surface area contributed by atoms with Crippen LogP contribution in [0.2, 0.25) is 0 Å². The maximum atomic E-state index is 14.0. The van der Waals surface area contributed by atoms with Crippen LogP contribution in [0.4, 0.5) is 5.69 Å². The maximum Gasteiger partial charge on any atom is 0.336 e. The summed E-state index contributed by atoms with van der Waals surface area (Å²) in [7, 11) is 4.09. The van der Waals surface area contributed by atoms with Gasteiger partial charge in [-0.3, -0.25) is 19.3 Å². The highest BCUT2D eigenvalue weighted by atomic mass is 16.5. The van der Waals surface area contributed by atoms with E-state index in [0.29, 0.717) is 18.8 Å². The molecule has 1 aromatic rings. The third-order valence-corrected chi connectivity index (χ3v) is 8.88. The molecular weight excluding hydrogens is 466 g/mol. The van der Waals surface area contributed by atoms with Crippen molar-refractivity contribution in [3.63, 3.8) is 0 Å². The van der Waals surface area contributed by atoms with Gasteiger partial charge in [-0.2, -0.15) is 0 Å². The van der Waals surface area contributed by atoms with Gasteiger partial charge in [0.1, 0.15) is 0 Å². The molecule has 6 aliphatic rings. The molecule has 3 amide bonds. The third kappa shape index (κ3) is 2.47. The van der Waals surface area contributed by atoms with Crippen LogP contribution in [0.15, 0.2) is 41.5 Å². The van der Waals surface area contributed by atoms with E-state index >= 15 is 0 Å². The number of para-hydroxylation sites is 1. The van der Waals surface area contributed by atoms with Crippen molar-refractivity contribution in [3.05, 3.63) is 41.5 Å². The Morgan fingerprint density at radius 1 is 0.861 bits per heavy atom. The van der Waals surface area contributed by atoms with Gasteiger partial charge in [-0.15, -0.1) is 0 Å². The number of hydrogen-bond acceptors (Lipinski definition) is 8. The second kappa shape index (κ2) is 7.73. The molecule has 0 aromatic heterocycles. The number of rotatable bonds is 4. The van der Waals surface area contributed by atoms with Gasteiger partial charge >= 0.3 is 11.9 Å². The molecule has 5 fully saturated rings. The highest BCUT2D eigenvalue weighted by Gasteiger charge is 2.81. The Morgan fingerprint density at radius 3 is 2.08 bits per heavy atom. The van der Waals surface area contributed by atoms with Crippen LogP contribution in [-0.2, 0) is 33.4 Å². The minimum Gasteiger partial charge on any atom is -0.466 e. The average molecular weight is 494 g/mol. The Hall–Kier alpha value is -3.53. The number of imide groups is 1. The number of fused-ring (bicyclic) bond motifs is 1. The Morgan fingerprint density at radius 2 is 1.47 bits per heavy atom. The van der Waals surface area contributed by atoms with Gasteiger partial charge in [0.25, 0.3) is 0 Å². The molecule has 4 saturated heterocycles. The fourth-order valence-electron chi connectivity index (χ4n) is 7.74. The Labute approximate surface area is 207 Å². The number of ether oxygens (including phenoxy) is 2. The van der Waals surface area contributed by atoms with Crippen molar-refractivity contribution < 1.29 is 33.4 Å². The van der Waals surface area contributed by atoms with E-state index in [1.807, 2.05) is 0 Å².